The highest BCUT2D eigenvalue weighted by molar-refractivity contribution is 6.06. The minimum absolute atomic E-state index is 0.285. The molecule has 2 heterocycles. The predicted molar refractivity (Wildman–Crippen MR) is 142 cm³/mol. The van der Waals surface area contributed by atoms with E-state index >= 15 is 0 Å². The van der Waals surface area contributed by atoms with Crippen LogP contribution in [0.5, 0.6) is 28.9 Å². The number of hydrogen-bond acceptors (Lipinski definition) is 7. The van der Waals surface area contributed by atoms with Crippen molar-refractivity contribution >= 4 is 33.3 Å². The average Bonchev–Trinajstić information content (AvgIpc) is 2.93. The van der Waals surface area contributed by atoms with E-state index in [0.29, 0.717) is 46.7 Å². The van der Waals surface area contributed by atoms with Gasteiger partial charge in [-0.25, -0.2) is 4.98 Å². The molecule has 0 aliphatic rings. The molecule has 37 heavy (non-hydrogen) atoms. The first-order valence-electron chi connectivity index (χ1n) is 11.7. The number of carbonyl (C=O) groups is 1. The smallest absolute Gasteiger partial charge is 0.261 e. The van der Waals surface area contributed by atoms with Crippen molar-refractivity contribution in [2.24, 2.45) is 0 Å². The summed E-state index contributed by atoms with van der Waals surface area (Å²) in [5.41, 5.74) is 1.78. The Morgan fingerprint density at radius 1 is 0.838 bits per heavy atom. The van der Waals surface area contributed by atoms with Crippen molar-refractivity contribution in [1.29, 1.82) is 0 Å². The number of hydrogen-bond donors (Lipinski definition) is 1. The third-order valence-corrected chi connectivity index (χ3v) is 5.80. The molecule has 0 atom stereocenters. The first-order valence-corrected chi connectivity index (χ1v) is 11.7. The molecule has 0 saturated heterocycles. The number of pyridine rings is 2. The van der Waals surface area contributed by atoms with E-state index in [4.69, 9.17) is 18.9 Å². The largest absolute Gasteiger partial charge is 0.493 e. The standard InChI is InChI=1S/C29H25N3O5/c1-4-36-29-22(6-5-12-31-29)28(33)32-20-9-7-19-15-21(10-8-18(19)14-20)37-25-11-13-30-24-17-27(35-3)26(34-2)16-23(24)25/h5-17H,4H2,1-3H3,(H,32,33). The van der Waals surface area contributed by atoms with Gasteiger partial charge in [-0.2, -0.15) is 0 Å². The predicted octanol–water partition coefficient (Wildman–Crippen LogP) is 6.24. The van der Waals surface area contributed by atoms with E-state index in [9.17, 15) is 4.79 Å². The molecule has 0 aliphatic carbocycles. The van der Waals surface area contributed by atoms with Gasteiger partial charge in [-0.05, 0) is 66.2 Å². The van der Waals surface area contributed by atoms with Gasteiger partial charge < -0.3 is 24.3 Å². The molecule has 8 heteroatoms. The van der Waals surface area contributed by atoms with Gasteiger partial charge in [-0.3, -0.25) is 9.78 Å². The van der Waals surface area contributed by atoms with Crippen LogP contribution in [0.1, 0.15) is 17.3 Å². The number of nitrogens with one attached hydrogen (secondary N) is 1. The molecule has 5 aromatic rings. The van der Waals surface area contributed by atoms with Crippen molar-refractivity contribution in [2.45, 2.75) is 6.92 Å². The Kier molecular flexibility index (Phi) is 6.72. The Hall–Kier alpha value is -4.85. The van der Waals surface area contributed by atoms with Crippen LogP contribution in [0.25, 0.3) is 21.7 Å². The number of aromatic nitrogens is 2. The maximum absolute atomic E-state index is 12.8. The number of nitrogens with zero attached hydrogens (tertiary/aromatic N) is 2. The lowest BCUT2D eigenvalue weighted by molar-refractivity contribution is 0.102. The van der Waals surface area contributed by atoms with Gasteiger partial charge in [0.05, 0.1) is 26.3 Å². The van der Waals surface area contributed by atoms with Gasteiger partial charge >= 0.3 is 0 Å². The summed E-state index contributed by atoms with van der Waals surface area (Å²) in [6.07, 6.45) is 3.29. The third kappa shape index (κ3) is 4.95. The molecule has 0 bridgehead atoms. The molecular weight excluding hydrogens is 470 g/mol. The van der Waals surface area contributed by atoms with Gasteiger partial charge in [-0.15, -0.1) is 0 Å². The number of carbonyl (C=O) groups excluding carboxylic acids is 1. The lowest BCUT2D eigenvalue weighted by Crippen LogP contribution is -2.14. The van der Waals surface area contributed by atoms with Crippen LogP contribution >= 0.6 is 0 Å². The Balaban J connectivity index is 1.39. The Bertz CT molecular complexity index is 1600. The maximum atomic E-state index is 12.8. The van der Waals surface area contributed by atoms with Crippen LogP contribution in [0.4, 0.5) is 5.69 Å². The van der Waals surface area contributed by atoms with Crippen LogP contribution in [0.2, 0.25) is 0 Å². The fourth-order valence-electron chi connectivity index (χ4n) is 4.04. The highest BCUT2D eigenvalue weighted by Gasteiger charge is 2.14. The van der Waals surface area contributed by atoms with Crippen molar-refractivity contribution in [1.82, 2.24) is 9.97 Å². The van der Waals surface area contributed by atoms with E-state index in [-0.39, 0.29) is 5.91 Å². The number of rotatable bonds is 8. The second-order valence-corrected chi connectivity index (χ2v) is 8.10. The fourth-order valence-corrected chi connectivity index (χ4v) is 4.04. The number of methoxy groups -OCH3 is 2. The van der Waals surface area contributed by atoms with Gasteiger partial charge in [0.2, 0.25) is 5.88 Å². The Morgan fingerprint density at radius 3 is 2.43 bits per heavy atom. The van der Waals surface area contributed by atoms with Crippen molar-refractivity contribution in [2.75, 3.05) is 26.1 Å². The van der Waals surface area contributed by atoms with Gasteiger partial charge in [0, 0.05) is 29.5 Å². The molecule has 5 rings (SSSR count). The van der Waals surface area contributed by atoms with Crippen LogP contribution in [0.3, 0.4) is 0 Å². The van der Waals surface area contributed by atoms with E-state index in [1.54, 1.807) is 38.7 Å². The quantitative estimate of drug-likeness (QED) is 0.272. The van der Waals surface area contributed by atoms with E-state index in [1.807, 2.05) is 61.5 Å². The second-order valence-electron chi connectivity index (χ2n) is 8.10. The molecule has 0 unspecified atom stereocenters. The summed E-state index contributed by atoms with van der Waals surface area (Å²) in [6, 6.07) is 20.3. The molecule has 0 radical (unpaired) electrons. The zero-order valence-electron chi connectivity index (χ0n) is 20.6. The van der Waals surface area contributed by atoms with Crippen molar-refractivity contribution in [3.8, 4) is 28.9 Å². The Morgan fingerprint density at radius 2 is 1.62 bits per heavy atom. The highest BCUT2D eigenvalue weighted by atomic mass is 16.5. The summed E-state index contributed by atoms with van der Waals surface area (Å²) < 4.78 is 22.5. The highest BCUT2D eigenvalue weighted by Crippen LogP contribution is 2.37. The number of benzene rings is 3. The zero-order chi connectivity index (χ0) is 25.8. The summed E-state index contributed by atoms with van der Waals surface area (Å²) >= 11 is 0. The molecule has 0 aliphatic heterocycles. The van der Waals surface area contributed by atoms with Gasteiger partial charge in [-0.1, -0.05) is 12.1 Å². The van der Waals surface area contributed by atoms with Crippen LogP contribution in [0, 0.1) is 0 Å². The second kappa shape index (κ2) is 10.4. The topological polar surface area (TPSA) is 91.8 Å². The molecule has 0 spiro atoms. The van der Waals surface area contributed by atoms with Crippen molar-refractivity contribution in [3.05, 3.63) is 84.7 Å². The van der Waals surface area contributed by atoms with Gasteiger partial charge in [0.25, 0.3) is 5.91 Å². The van der Waals surface area contributed by atoms with E-state index in [2.05, 4.69) is 15.3 Å². The molecule has 0 saturated carbocycles. The minimum atomic E-state index is -0.285. The summed E-state index contributed by atoms with van der Waals surface area (Å²) in [5.74, 6) is 2.54. The number of ether oxygens (including phenoxy) is 4. The van der Waals surface area contributed by atoms with Crippen LogP contribution < -0.4 is 24.3 Å². The minimum Gasteiger partial charge on any atom is -0.493 e. The monoisotopic (exact) mass is 495 g/mol. The fraction of sp³-hybridized carbons (Fsp3) is 0.138. The van der Waals surface area contributed by atoms with Crippen LogP contribution in [0.15, 0.2) is 79.1 Å². The van der Waals surface area contributed by atoms with Crippen LogP contribution in [-0.2, 0) is 0 Å². The van der Waals surface area contributed by atoms with E-state index < -0.39 is 0 Å². The average molecular weight is 496 g/mol. The third-order valence-electron chi connectivity index (χ3n) is 5.80. The van der Waals surface area contributed by atoms with E-state index in [1.165, 1.54) is 0 Å². The van der Waals surface area contributed by atoms with Gasteiger partial charge in [0.15, 0.2) is 11.5 Å². The summed E-state index contributed by atoms with van der Waals surface area (Å²) in [5, 5.41) is 5.64. The first-order chi connectivity index (χ1) is 18.1. The number of anilines is 1. The Labute approximate surface area is 213 Å². The molecule has 1 amide bonds. The van der Waals surface area contributed by atoms with Crippen LogP contribution in [-0.4, -0.2) is 36.7 Å². The van der Waals surface area contributed by atoms with Crippen molar-refractivity contribution in [3.63, 3.8) is 0 Å². The SMILES string of the molecule is CCOc1ncccc1C(=O)Nc1ccc2cc(Oc3ccnc4cc(OC)c(OC)cc34)ccc2c1. The van der Waals surface area contributed by atoms with Crippen molar-refractivity contribution < 1.29 is 23.7 Å². The number of fused-ring (bicyclic) bond motifs is 2. The molecule has 2 aromatic heterocycles. The molecular formula is C29H25N3O5. The number of amides is 1. The molecule has 1 N–H and O–H groups in total. The lowest BCUT2D eigenvalue weighted by atomic mass is 10.1. The maximum Gasteiger partial charge on any atom is 0.261 e. The molecule has 3 aromatic carbocycles. The molecule has 186 valence electrons. The zero-order valence-corrected chi connectivity index (χ0v) is 20.6. The normalized spacial score (nSPS) is 10.8. The lowest BCUT2D eigenvalue weighted by Gasteiger charge is -2.13. The summed E-state index contributed by atoms with van der Waals surface area (Å²) in [4.78, 5) is 21.4. The van der Waals surface area contributed by atoms with E-state index in [0.717, 1.165) is 21.7 Å². The molecule has 0 fully saturated rings. The molecule has 8 nitrogen and oxygen atoms in total. The summed E-state index contributed by atoms with van der Waals surface area (Å²) in [7, 11) is 3.18. The summed E-state index contributed by atoms with van der Waals surface area (Å²) in [6.45, 7) is 2.28. The van der Waals surface area contributed by atoms with Gasteiger partial charge in [0.1, 0.15) is 17.1 Å². The first kappa shape index (κ1) is 23.9.